The summed E-state index contributed by atoms with van der Waals surface area (Å²) in [5.41, 5.74) is 4.96. The van der Waals surface area contributed by atoms with Gasteiger partial charge in [0.05, 0.1) is 18.3 Å². The smallest absolute Gasteiger partial charge is 0.251 e. The molecule has 1 aliphatic heterocycles. The van der Waals surface area contributed by atoms with Gasteiger partial charge in [-0.15, -0.1) is 0 Å². The standard InChI is InChI=1S/C22H23N3O2/c1-3-19(20-9-11-23-25(20)2)24-22(26)18-6-4-5-16(13-18)17-8-7-15-10-12-27-21(15)14-17/h4-9,11,13-14,19H,3,10,12H2,1-2H3,(H,24,26). The lowest BCUT2D eigenvalue weighted by Gasteiger charge is -2.17. The van der Waals surface area contributed by atoms with Crippen molar-refractivity contribution < 1.29 is 9.53 Å². The first-order chi connectivity index (χ1) is 13.2. The van der Waals surface area contributed by atoms with Crippen LogP contribution in [0, 0.1) is 0 Å². The molecule has 2 aromatic carbocycles. The second-order valence-corrected chi connectivity index (χ2v) is 6.82. The molecule has 1 aliphatic rings. The molecule has 1 aromatic heterocycles. The van der Waals surface area contributed by atoms with E-state index in [-0.39, 0.29) is 11.9 Å². The number of nitrogens with one attached hydrogen (secondary N) is 1. The number of benzene rings is 2. The quantitative estimate of drug-likeness (QED) is 0.750. The number of carbonyl (C=O) groups excluding carboxylic acids is 1. The van der Waals surface area contributed by atoms with Gasteiger partial charge in [-0.1, -0.05) is 31.2 Å². The molecule has 5 heteroatoms. The molecule has 0 bridgehead atoms. The highest BCUT2D eigenvalue weighted by Crippen LogP contribution is 2.31. The molecule has 0 saturated heterocycles. The lowest BCUT2D eigenvalue weighted by atomic mass is 10.0. The zero-order valence-electron chi connectivity index (χ0n) is 15.6. The maximum Gasteiger partial charge on any atom is 0.251 e. The lowest BCUT2D eigenvalue weighted by Crippen LogP contribution is -2.29. The van der Waals surface area contributed by atoms with Crippen molar-refractivity contribution in [2.75, 3.05) is 6.61 Å². The van der Waals surface area contributed by atoms with Gasteiger partial charge in [-0.2, -0.15) is 5.10 Å². The first kappa shape index (κ1) is 17.3. The number of aryl methyl sites for hydroxylation is 1. The van der Waals surface area contributed by atoms with E-state index in [1.165, 1.54) is 5.56 Å². The van der Waals surface area contributed by atoms with Crippen LogP contribution in [0.25, 0.3) is 11.1 Å². The van der Waals surface area contributed by atoms with Crippen molar-refractivity contribution in [3.8, 4) is 16.9 Å². The van der Waals surface area contributed by atoms with Gasteiger partial charge < -0.3 is 10.1 Å². The Hall–Kier alpha value is -3.08. The van der Waals surface area contributed by atoms with Crippen LogP contribution in [0.2, 0.25) is 0 Å². The molecule has 27 heavy (non-hydrogen) atoms. The summed E-state index contributed by atoms with van der Waals surface area (Å²) in [7, 11) is 1.89. The molecule has 1 atom stereocenters. The minimum Gasteiger partial charge on any atom is -0.493 e. The molecule has 1 N–H and O–H groups in total. The van der Waals surface area contributed by atoms with E-state index in [1.807, 2.05) is 37.4 Å². The summed E-state index contributed by atoms with van der Waals surface area (Å²) in [6.07, 6.45) is 3.51. The highest BCUT2D eigenvalue weighted by atomic mass is 16.5. The number of fused-ring (bicyclic) bond motifs is 1. The average molecular weight is 361 g/mol. The molecule has 0 aliphatic carbocycles. The Labute approximate surface area is 159 Å². The first-order valence-corrected chi connectivity index (χ1v) is 9.30. The summed E-state index contributed by atoms with van der Waals surface area (Å²) >= 11 is 0. The van der Waals surface area contributed by atoms with Crippen LogP contribution in [0.15, 0.2) is 54.7 Å². The Morgan fingerprint density at radius 1 is 1.22 bits per heavy atom. The summed E-state index contributed by atoms with van der Waals surface area (Å²) in [6.45, 7) is 2.80. The zero-order chi connectivity index (χ0) is 18.8. The molecule has 0 spiro atoms. The van der Waals surface area contributed by atoms with Crippen LogP contribution in [-0.4, -0.2) is 22.3 Å². The largest absolute Gasteiger partial charge is 0.493 e. The molecular formula is C22H23N3O2. The zero-order valence-corrected chi connectivity index (χ0v) is 15.6. The van der Waals surface area contributed by atoms with E-state index >= 15 is 0 Å². The number of nitrogens with zero attached hydrogens (tertiary/aromatic N) is 2. The van der Waals surface area contributed by atoms with Gasteiger partial charge in [-0.05, 0) is 47.4 Å². The summed E-state index contributed by atoms with van der Waals surface area (Å²) in [4.78, 5) is 12.8. The van der Waals surface area contributed by atoms with E-state index in [1.54, 1.807) is 10.9 Å². The van der Waals surface area contributed by atoms with Crippen molar-refractivity contribution in [1.82, 2.24) is 15.1 Å². The van der Waals surface area contributed by atoms with E-state index in [0.717, 1.165) is 42.0 Å². The van der Waals surface area contributed by atoms with Gasteiger partial charge in [0.2, 0.25) is 0 Å². The second kappa shape index (κ2) is 7.27. The number of amides is 1. The van der Waals surface area contributed by atoms with Gasteiger partial charge >= 0.3 is 0 Å². The Morgan fingerprint density at radius 3 is 2.85 bits per heavy atom. The fraction of sp³-hybridized carbons (Fsp3) is 0.273. The SMILES string of the molecule is CCC(NC(=O)c1cccc(-c2ccc3c(c2)OCC3)c1)c1ccnn1C. The highest BCUT2D eigenvalue weighted by Gasteiger charge is 2.18. The van der Waals surface area contributed by atoms with Crippen LogP contribution in [0.1, 0.15) is 41.0 Å². The second-order valence-electron chi connectivity index (χ2n) is 6.82. The van der Waals surface area contributed by atoms with E-state index in [0.29, 0.717) is 5.56 Å². The van der Waals surface area contributed by atoms with Gasteiger partial charge in [0.25, 0.3) is 5.91 Å². The number of hydrogen-bond acceptors (Lipinski definition) is 3. The van der Waals surface area contributed by atoms with E-state index in [4.69, 9.17) is 4.74 Å². The normalized spacial score (nSPS) is 13.7. The average Bonchev–Trinajstić information content (AvgIpc) is 3.34. The third-order valence-corrected chi connectivity index (χ3v) is 5.08. The van der Waals surface area contributed by atoms with Crippen molar-refractivity contribution in [3.63, 3.8) is 0 Å². The van der Waals surface area contributed by atoms with E-state index < -0.39 is 0 Å². The van der Waals surface area contributed by atoms with Crippen LogP contribution in [0.4, 0.5) is 0 Å². The van der Waals surface area contributed by atoms with Gasteiger partial charge in [0.15, 0.2) is 0 Å². The molecule has 3 aromatic rings. The number of ether oxygens (including phenoxy) is 1. The number of rotatable bonds is 5. The summed E-state index contributed by atoms with van der Waals surface area (Å²) < 4.78 is 7.47. The predicted octanol–water partition coefficient (Wildman–Crippen LogP) is 3.90. The summed E-state index contributed by atoms with van der Waals surface area (Å²) in [6, 6.07) is 15.9. The highest BCUT2D eigenvalue weighted by molar-refractivity contribution is 5.95. The molecule has 0 radical (unpaired) electrons. The molecule has 1 amide bonds. The van der Waals surface area contributed by atoms with Gasteiger partial charge in [-0.25, -0.2) is 0 Å². The van der Waals surface area contributed by atoms with Crippen LogP contribution >= 0.6 is 0 Å². The Kier molecular flexibility index (Phi) is 4.67. The van der Waals surface area contributed by atoms with Crippen molar-refractivity contribution >= 4 is 5.91 Å². The van der Waals surface area contributed by atoms with Gasteiger partial charge in [-0.3, -0.25) is 9.48 Å². The molecule has 1 unspecified atom stereocenters. The molecule has 138 valence electrons. The lowest BCUT2D eigenvalue weighted by molar-refractivity contribution is 0.0934. The fourth-order valence-corrected chi connectivity index (χ4v) is 3.54. The third-order valence-electron chi connectivity index (χ3n) is 5.08. The number of hydrogen-bond donors (Lipinski definition) is 1. The number of carbonyl (C=O) groups is 1. The van der Waals surface area contributed by atoms with E-state index in [2.05, 4.69) is 35.5 Å². The summed E-state index contributed by atoms with van der Waals surface area (Å²) in [5, 5.41) is 7.32. The van der Waals surface area contributed by atoms with Crippen LogP contribution in [0.5, 0.6) is 5.75 Å². The van der Waals surface area contributed by atoms with Crippen molar-refractivity contribution in [2.24, 2.45) is 7.05 Å². The van der Waals surface area contributed by atoms with Crippen molar-refractivity contribution in [3.05, 3.63) is 71.5 Å². The fourth-order valence-electron chi connectivity index (χ4n) is 3.54. The molecule has 5 nitrogen and oxygen atoms in total. The Bertz CT molecular complexity index is 977. The predicted molar refractivity (Wildman–Crippen MR) is 105 cm³/mol. The van der Waals surface area contributed by atoms with Gasteiger partial charge in [0, 0.05) is 25.2 Å². The molecule has 0 fully saturated rings. The monoisotopic (exact) mass is 361 g/mol. The topological polar surface area (TPSA) is 56.1 Å². The maximum absolute atomic E-state index is 12.8. The van der Waals surface area contributed by atoms with E-state index in [9.17, 15) is 4.79 Å². The summed E-state index contributed by atoms with van der Waals surface area (Å²) in [5.74, 6) is 0.868. The minimum atomic E-state index is -0.0812. The molecule has 2 heterocycles. The third kappa shape index (κ3) is 3.45. The van der Waals surface area contributed by atoms with Crippen molar-refractivity contribution in [1.29, 1.82) is 0 Å². The first-order valence-electron chi connectivity index (χ1n) is 9.30. The maximum atomic E-state index is 12.8. The molecule has 0 saturated carbocycles. The van der Waals surface area contributed by atoms with Gasteiger partial charge in [0.1, 0.15) is 5.75 Å². The van der Waals surface area contributed by atoms with Crippen molar-refractivity contribution in [2.45, 2.75) is 25.8 Å². The molecular weight excluding hydrogens is 338 g/mol. The Morgan fingerprint density at radius 2 is 2.07 bits per heavy atom. The minimum absolute atomic E-state index is 0.0675. The van der Waals surface area contributed by atoms with Crippen LogP contribution in [-0.2, 0) is 13.5 Å². The number of aromatic nitrogens is 2. The Balaban J connectivity index is 1.57. The van der Waals surface area contributed by atoms with Crippen LogP contribution in [0.3, 0.4) is 0 Å². The molecule has 4 rings (SSSR count). The van der Waals surface area contributed by atoms with Crippen LogP contribution < -0.4 is 10.1 Å².